The molecule has 0 heterocycles. The monoisotopic (exact) mass is 593 g/mol. The first-order valence-electron chi connectivity index (χ1n) is 15.4. The number of benzene rings is 1. The molecule has 2 atom stereocenters. The summed E-state index contributed by atoms with van der Waals surface area (Å²) >= 11 is 12.4. The van der Waals surface area contributed by atoms with Crippen LogP contribution in [0, 0.1) is 0 Å². The van der Waals surface area contributed by atoms with Crippen LogP contribution < -0.4 is 10.1 Å². The zero-order chi connectivity index (χ0) is 29.8. The average Bonchev–Trinajstić information content (AvgIpc) is 2.93. The van der Waals surface area contributed by atoms with Gasteiger partial charge < -0.3 is 15.2 Å². The number of carbonyl (C=O) groups excluding carboxylic acids is 1. The van der Waals surface area contributed by atoms with E-state index in [-0.39, 0.29) is 22.7 Å². The summed E-state index contributed by atoms with van der Waals surface area (Å²) in [5.74, 6) is -0.0182. The molecule has 0 aliphatic carbocycles. The number of hydrogen-bond donors (Lipinski definition) is 2. The predicted octanol–water partition coefficient (Wildman–Crippen LogP) is 10.7. The van der Waals surface area contributed by atoms with Gasteiger partial charge in [-0.25, -0.2) is 0 Å². The SMILES string of the molecule is C=C(O)/C(=C\C(Cl)=C(\C)C(C)Cl)NC(=O)C(CC)Oc1cccc(CCCCCCCCCCCCCCC)c1. The highest BCUT2D eigenvalue weighted by Gasteiger charge is 2.21. The fourth-order valence-corrected chi connectivity index (χ4v) is 4.89. The molecule has 0 aromatic heterocycles. The van der Waals surface area contributed by atoms with E-state index in [1.165, 1.54) is 88.7 Å². The van der Waals surface area contributed by atoms with Crippen molar-refractivity contribution in [3.63, 3.8) is 0 Å². The van der Waals surface area contributed by atoms with Crippen LogP contribution in [0.15, 0.2) is 59.0 Å². The van der Waals surface area contributed by atoms with E-state index in [1.54, 1.807) is 13.8 Å². The summed E-state index contributed by atoms with van der Waals surface area (Å²) in [6.07, 6.45) is 19.6. The number of halogens is 2. The first-order valence-corrected chi connectivity index (χ1v) is 16.2. The van der Waals surface area contributed by atoms with Crippen molar-refractivity contribution in [2.75, 3.05) is 0 Å². The number of aryl methyl sites for hydroxylation is 1. The van der Waals surface area contributed by atoms with Gasteiger partial charge in [0.2, 0.25) is 0 Å². The van der Waals surface area contributed by atoms with Crippen molar-refractivity contribution in [3.8, 4) is 5.75 Å². The number of hydrogen-bond acceptors (Lipinski definition) is 3. The summed E-state index contributed by atoms with van der Waals surface area (Å²) < 4.78 is 6.04. The number of aliphatic hydroxyl groups is 1. The number of ether oxygens (including phenoxy) is 1. The fraction of sp³-hybridized carbons (Fsp3) is 0.618. The van der Waals surface area contributed by atoms with Gasteiger partial charge in [-0.15, -0.1) is 11.6 Å². The number of rotatable bonds is 22. The molecule has 2 N–H and O–H groups in total. The quantitative estimate of drug-likeness (QED) is 0.0608. The fourth-order valence-electron chi connectivity index (χ4n) is 4.44. The normalized spacial score (nSPS) is 13.9. The molecule has 4 nitrogen and oxygen atoms in total. The van der Waals surface area contributed by atoms with E-state index in [2.05, 4.69) is 24.9 Å². The molecule has 6 heteroatoms. The van der Waals surface area contributed by atoms with Crippen LogP contribution in [0.4, 0.5) is 0 Å². The number of allylic oxidation sites excluding steroid dienone is 3. The Morgan fingerprint density at radius 2 is 1.55 bits per heavy atom. The highest BCUT2D eigenvalue weighted by Crippen LogP contribution is 2.22. The second kappa shape index (κ2) is 21.8. The molecule has 0 spiro atoms. The van der Waals surface area contributed by atoms with Gasteiger partial charge in [-0.1, -0.05) is 121 Å². The summed E-state index contributed by atoms with van der Waals surface area (Å²) in [5.41, 5.74) is 2.05. The lowest BCUT2D eigenvalue weighted by atomic mass is 10.0. The first-order chi connectivity index (χ1) is 19.2. The van der Waals surface area contributed by atoms with Gasteiger partial charge in [0, 0.05) is 5.03 Å². The summed E-state index contributed by atoms with van der Waals surface area (Å²) in [5, 5.41) is 12.7. The molecular weight excluding hydrogens is 541 g/mol. The summed E-state index contributed by atoms with van der Waals surface area (Å²) in [7, 11) is 0. The van der Waals surface area contributed by atoms with Crippen molar-refractivity contribution in [2.45, 2.75) is 135 Å². The minimum atomic E-state index is -0.731. The maximum absolute atomic E-state index is 13.0. The standard InChI is InChI=1S/C34H53Cl2NO3/c1-6-8-9-10-11-12-13-14-15-16-17-18-19-21-29-22-20-23-30(24-29)40-33(7-2)34(39)37-32(28(5)38)25-31(36)26(3)27(4)35/h20,22-25,27,33,38H,5-19,21H2,1-4H3,(H,37,39)/b31-26+,32-25+. The van der Waals surface area contributed by atoms with Crippen LogP contribution in [0.3, 0.4) is 0 Å². The van der Waals surface area contributed by atoms with Gasteiger partial charge >= 0.3 is 0 Å². The molecule has 1 amide bonds. The first kappa shape index (κ1) is 36.1. The third-order valence-corrected chi connectivity index (χ3v) is 7.96. The zero-order valence-electron chi connectivity index (χ0n) is 25.4. The number of nitrogens with one attached hydrogen (secondary N) is 1. The van der Waals surface area contributed by atoms with Gasteiger partial charge in [0.15, 0.2) is 6.10 Å². The van der Waals surface area contributed by atoms with Gasteiger partial charge in [-0.05, 0) is 62.5 Å². The van der Waals surface area contributed by atoms with Crippen LogP contribution in [-0.2, 0) is 11.2 Å². The Labute approximate surface area is 254 Å². The van der Waals surface area contributed by atoms with Crippen molar-refractivity contribution in [1.82, 2.24) is 5.32 Å². The van der Waals surface area contributed by atoms with E-state index in [0.29, 0.717) is 17.2 Å². The molecule has 0 saturated carbocycles. The highest BCUT2D eigenvalue weighted by molar-refractivity contribution is 6.33. The summed E-state index contributed by atoms with van der Waals surface area (Å²) in [6.45, 7) is 11.3. The summed E-state index contributed by atoms with van der Waals surface area (Å²) in [4.78, 5) is 13.0. The largest absolute Gasteiger partial charge is 0.506 e. The van der Waals surface area contributed by atoms with E-state index in [1.807, 2.05) is 25.1 Å². The second-order valence-electron chi connectivity index (χ2n) is 10.8. The lowest BCUT2D eigenvalue weighted by molar-refractivity contribution is -0.127. The van der Waals surface area contributed by atoms with Crippen LogP contribution >= 0.6 is 23.2 Å². The van der Waals surface area contributed by atoms with Crippen molar-refractivity contribution in [1.29, 1.82) is 0 Å². The van der Waals surface area contributed by atoms with Crippen molar-refractivity contribution >= 4 is 29.1 Å². The summed E-state index contributed by atoms with van der Waals surface area (Å²) in [6, 6.07) is 7.97. The minimum Gasteiger partial charge on any atom is -0.506 e. The molecule has 0 fully saturated rings. The molecule has 0 radical (unpaired) electrons. The van der Waals surface area contributed by atoms with Crippen LogP contribution in [0.2, 0.25) is 0 Å². The Morgan fingerprint density at radius 3 is 2.05 bits per heavy atom. The Bertz CT molecular complexity index is 939. The van der Waals surface area contributed by atoms with Gasteiger partial charge in [-0.3, -0.25) is 4.79 Å². The Kier molecular flexibility index (Phi) is 19.7. The maximum Gasteiger partial charge on any atom is 0.265 e. The Balaban J connectivity index is 2.47. The number of aliphatic hydroxyl groups excluding tert-OH is 1. The zero-order valence-corrected chi connectivity index (χ0v) is 26.9. The lowest BCUT2D eigenvalue weighted by Crippen LogP contribution is -2.38. The van der Waals surface area contributed by atoms with Gasteiger partial charge in [0.25, 0.3) is 5.91 Å². The van der Waals surface area contributed by atoms with Crippen molar-refractivity contribution < 1.29 is 14.6 Å². The number of alkyl halides is 1. The number of carbonyl (C=O) groups is 1. The third-order valence-electron chi connectivity index (χ3n) is 7.22. The highest BCUT2D eigenvalue weighted by atomic mass is 35.5. The molecule has 0 saturated heterocycles. The smallest absolute Gasteiger partial charge is 0.265 e. The van der Waals surface area contributed by atoms with E-state index < -0.39 is 6.10 Å². The molecular formula is C34H53Cl2NO3. The van der Waals surface area contributed by atoms with E-state index >= 15 is 0 Å². The number of unbranched alkanes of at least 4 members (excludes halogenated alkanes) is 12. The average molecular weight is 595 g/mol. The molecule has 0 bridgehead atoms. The lowest BCUT2D eigenvalue weighted by Gasteiger charge is -2.19. The van der Waals surface area contributed by atoms with E-state index in [0.717, 1.165) is 18.4 Å². The van der Waals surface area contributed by atoms with Crippen LogP contribution in [-0.4, -0.2) is 22.5 Å². The van der Waals surface area contributed by atoms with Gasteiger partial charge in [0.1, 0.15) is 11.5 Å². The van der Waals surface area contributed by atoms with Crippen LogP contribution in [0.25, 0.3) is 0 Å². The topological polar surface area (TPSA) is 58.6 Å². The molecule has 0 aliphatic heterocycles. The van der Waals surface area contributed by atoms with Crippen LogP contribution in [0.1, 0.15) is 123 Å². The molecule has 1 aromatic rings. The molecule has 40 heavy (non-hydrogen) atoms. The van der Waals surface area contributed by atoms with Crippen molar-refractivity contribution in [2.24, 2.45) is 0 Å². The van der Waals surface area contributed by atoms with E-state index in [9.17, 15) is 9.90 Å². The van der Waals surface area contributed by atoms with Gasteiger partial charge in [-0.2, -0.15) is 0 Å². The van der Waals surface area contributed by atoms with E-state index in [4.69, 9.17) is 27.9 Å². The molecule has 2 unspecified atom stereocenters. The number of amides is 1. The Morgan fingerprint density at radius 1 is 1.00 bits per heavy atom. The Hall–Kier alpha value is -1.91. The minimum absolute atomic E-state index is 0.116. The molecule has 226 valence electrons. The van der Waals surface area contributed by atoms with Crippen molar-refractivity contribution in [3.05, 3.63) is 64.5 Å². The van der Waals surface area contributed by atoms with Crippen LogP contribution in [0.5, 0.6) is 5.75 Å². The molecule has 0 aliphatic rings. The predicted molar refractivity (Wildman–Crippen MR) is 172 cm³/mol. The molecule has 1 rings (SSSR count). The maximum atomic E-state index is 13.0. The van der Waals surface area contributed by atoms with Gasteiger partial charge in [0.05, 0.1) is 11.1 Å². The molecule has 1 aromatic carbocycles. The third kappa shape index (κ3) is 15.8. The second-order valence-corrected chi connectivity index (χ2v) is 11.9.